The van der Waals surface area contributed by atoms with Crippen molar-refractivity contribution in [3.63, 3.8) is 0 Å². The van der Waals surface area contributed by atoms with E-state index in [4.69, 9.17) is 16.3 Å². The minimum atomic E-state index is -0.356. The van der Waals surface area contributed by atoms with Gasteiger partial charge in [0.15, 0.2) is 0 Å². The highest BCUT2D eigenvalue weighted by molar-refractivity contribution is 6.29. The molecular weight excluding hydrogens is 188 g/mol. The number of methoxy groups -OCH3 is 1. The van der Waals surface area contributed by atoms with Crippen molar-refractivity contribution in [1.82, 2.24) is 0 Å². The lowest BCUT2D eigenvalue weighted by atomic mass is 10.1. The van der Waals surface area contributed by atoms with Gasteiger partial charge in [-0.2, -0.15) is 0 Å². The van der Waals surface area contributed by atoms with Crippen molar-refractivity contribution in [2.24, 2.45) is 17.3 Å². The second-order valence-corrected chi connectivity index (χ2v) is 4.44. The summed E-state index contributed by atoms with van der Waals surface area (Å²) in [5.41, 5.74) is -0.356. The van der Waals surface area contributed by atoms with Crippen LogP contribution in [0.4, 0.5) is 0 Å². The van der Waals surface area contributed by atoms with E-state index in [1.54, 1.807) is 0 Å². The summed E-state index contributed by atoms with van der Waals surface area (Å²) in [6.45, 7) is 5.78. The first-order valence-corrected chi connectivity index (χ1v) is 4.74. The summed E-state index contributed by atoms with van der Waals surface area (Å²) in [6.07, 6.45) is 1.93. The Hall–Kier alpha value is -0.500. The molecule has 0 aromatic rings. The zero-order chi connectivity index (χ0) is 10.2. The van der Waals surface area contributed by atoms with Gasteiger partial charge in [-0.15, -0.1) is 0 Å². The first kappa shape index (κ1) is 10.6. The van der Waals surface area contributed by atoms with Crippen molar-refractivity contribution in [3.8, 4) is 0 Å². The van der Waals surface area contributed by atoms with Crippen LogP contribution < -0.4 is 0 Å². The number of allylic oxidation sites excluding steroid dienone is 2. The standard InChI is InChI=1S/C10H15ClO2/c1-6(11)5-8-7(2)10(8,3)9(12)13-4/h5,7-8H,1-4H3. The quantitative estimate of drug-likeness (QED) is 0.644. The maximum absolute atomic E-state index is 11.4. The smallest absolute Gasteiger partial charge is 0.312 e. The monoisotopic (exact) mass is 202 g/mol. The van der Waals surface area contributed by atoms with Gasteiger partial charge in [0.1, 0.15) is 0 Å². The highest BCUT2D eigenvalue weighted by atomic mass is 35.5. The van der Waals surface area contributed by atoms with Crippen molar-refractivity contribution < 1.29 is 9.53 Å². The molecule has 3 atom stereocenters. The van der Waals surface area contributed by atoms with Gasteiger partial charge in [0.2, 0.25) is 0 Å². The molecule has 1 saturated carbocycles. The van der Waals surface area contributed by atoms with Gasteiger partial charge in [0, 0.05) is 5.03 Å². The number of esters is 1. The molecule has 0 aromatic carbocycles. The molecule has 0 N–H and O–H groups in total. The summed E-state index contributed by atoms with van der Waals surface area (Å²) in [7, 11) is 1.42. The van der Waals surface area contributed by atoms with E-state index in [0.717, 1.165) is 5.03 Å². The molecule has 1 aliphatic carbocycles. The van der Waals surface area contributed by atoms with Crippen molar-refractivity contribution >= 4 is 17.6 Å². The molecule has 0 spiro atoms. The van der Waals surface area contributed by atoms with E-state index >= 15 is 0 Å². The summed E-state index contributed by atoms with van der Waals surface area (Å²) in [6, 6.07) is 0. The predicted octanol–water partition coefficient (Wildman–Crippen LogP) is 2.57. The molecule has 74 valence electrons. The van der Waals surface area contributed by atoms with Gasteiger partial charge in [0.25, 0.3) is 0 Å². The number of ether oxygens (including phenoxy) is 1. The Morgan fingerprint density at radius 1 is 1.62 bits per heavy atom. The van der Waals surface area contributed by atoms with E-state index in [1.807, 2.05) is 26.8 Å². The molecule has 1 fully saturated rings. The molecule has 1 rings (SSSR count). The van der Waals surface area contributed by atoms with Crippen LogP contribution in [0.1, 0.15) is 20.8 Å². The molecule has 0 amide bonds. The average molecular weight is 203 g/mol. The fraction of sp³-hybridized carbons (Fsp3) is 0.700. The van der Waals surface area contributed by atoms with Gasteiger partial charge in [-0.05, 0) is 25.7 Å². The molecule has 3 unspecified atom stereocenters. The number of halogens is 1. The second-order valence-electron chi connectivity index (χ2n) is 3.84. The fourth-order valence-corrected chi connectivity index (χ4v) is 2.01. The minimum Gasteiger partial charge on any atom is -0.469 e. The van der Waals surface area contributed by atoms with Crippen molar-refractivity contribution in [1.29, 1.82) is 0 Å². The van der Waals surface area contributed by atoms with Gasteiger partial charge in [0.05, 0.1) is 12.5 Å². The predicted molar refractivity (Wildman–Crippen MR) is 52.4 cm³/mol. The lowest BCUT2D eigenvalue weighted by Crippen LogP contribution is -2.16. The van der Waals surface area contributed by atoms with Crippen LogP contribution in [0.3, 0.4) is 0 Å². The van der Waals surface area contributed by atoms with Gasteiger partial charge in [-0.3, -0.25) is 4.79 Å². The SMILES string of the molecule is COC(=O)C1(C)C(C)C1C=C(C)Cl. The zero-order valence-corrected chi connectivity index (χ0v) is 9.18. The highest BCUT2D eigenvalue weighted by Gasteiger charge is 2.63. The van der Waals surface area contributed by atoms with E-state index < -0.39 is 0 Å². The maximum Gasteiger partial charge on any atom is 0.312 e. The highest BCUT2D eigenvalue weighted by Crippen LogP contribution is 2.60. The third-order valence-corrected chi connectivity index (χ3v) is 3.23. The molecule has 0 heterocycles. The van der Waals surface area contributed by atoms with E-state index in [1.165, 1.54) is 7.11 Å². The Labute approximate surface area is 83.9 Å². The van der Waals surface area contributed by atoms with Crippen LogP contribution in [0.15, 0.2) is 11.1 Å². The average Bonchev–Trinajstić information content (AvgIpc) is 2.57. The summed E-state index contributed by atoms with van der Waals surface area (Å²) in [4.78, 5) is 11.4. The van der Waals surface area contributed by atoms with Crippen LogP contribution in [0, 0.1) is 17.3 Å². The Kier molecular flexibility index (Phi) is 2.71. The lowest BCUT2D eigenvalue weighted by Gasteiger charge is -2.06. The Morgan fingerprint density at radius 2 is 2.15 bits per heavy atom. The number of hydrogen-bond donors (Lipinski definition) is 0. The third kappa shape index (κ3) is 1.60. The number of carbonyl (C=O) groups is 1. The van der Waals surface area contributed by atoms with Crippen molar-refractivity contribution in [2.45, 2.75) is 20.8 Å². The number of rotatable bonds is 2. The van der Waals surface area contributed by atoms with Crippen LogP contribution in [0.25, 0.3) is 0 Å². The van der Waals surface area contributed by atoms with Crippen LogP contribution in [-0.4, -0.2) is 13.1 Å². The molecule has 13 heavy (non-hydrogen) atoms. The van der Waals surface area contributed by atoms with Gasteiger partial charge < -0.3 is 4.74 Å². The van der Waals surface area contributed by atoms with Gasteiger partial charge in [-0.25, -0.2) is 0 Å². The van der Waals surface area contributed by atoms with E-state index in [-0.39, 0.29) is 17.3 Å². The lowest BCUT2D eigenvalue weighted by molar-refractivity contribution is -0.147. The van der Waals surface area contributed by atoms with Crippen molar-refractivity contribution in [3.05, 3.63) is 11.1 Å². The summed E-state index contributed by atoms with van der Waals surface area (Å²) < 4.78 is 4.75. The number of hydrogen-bond acceptors (Lipinski definition) is 2. The molecule has 1 aliphatic rings. The Balaban J connectivity index is 2.76. The van der Waals surface area contributed by atoms with Crippen LogP contribution in [0.2, 0.25) is 0 Å². The molecule has 0 saturated heterocycles. The van der Waals surface area contributed by atoms with Gasteiger partial charge in [-0.1, -0.05) is 24.6 Å². The summed E-state index contributed by atoms with van der Waals surface area (Å²) in [5.74, 6) is 0.422. The van der Waals surface area contributed by atoms with Crippen molar-refractivity contribution in [2.75, 3.05) is 7.11 Å². The second kappa shape index (κ2) is 3.33. The zero-order valence-electron chi connectivity index (χ0n) is 8.43. The first-order valence-electron chi connectivity index (χ1n) is 4.37. The van der Waals surface area contributed by atoms with Crippen LogP contribution in [-0.2, 0) is 9.53 Å². The first-order chi connectivity index (χ1) is 5.94. The minimum absolute atomic E-state index is 0.140. The fourth-order valence-electron chi connectivity index (χ4n) is 1.87. The Morgan fingerprint density at radius 3 is 2.54 bits per heavy atom. The number of carbonyl (C=O) groups excluding carboxylic acids is 1. The molecule has 0 aliphatic heterocycles. The molecule has 2 nitrogen and oxygen atoms in total. The molecular formula is C10H15ClO2. The van der Waals surface area contributed by atoms with E-state index in [0.29, 0.717) is 5.92 Å². The molecule has 3 heteroatoms. The third-order valence-electron chi connectivity index (χ3n) is 3.10. The molecule has 0 bridgehead atoms. The van der Waals surface area contributed by atoms with Crippen LogP contribution in [0.5, 0.6) is 0 Å². The van der Waals surface area contributed by atoms with Gasteiger partial charge >= 0.3 is 5.97 Å². The summed E-state index contributed by atoms with van der Waals surface area (Å²) >= 11 is 5.76. The molecule has 0 aromatic heterocycles. The normalized spacial score (nSPS) is 38.7. The Bertz CT molecular complexity index is 256. The topological polar surface area (TPSA) is 26.3 Å². The van der Waals surface area contributed by atoms with E-state index in [2.05, 4.69) is 0 Å². The molecule has 0 radical (unpaired) electrons. The van der Waals surface area contributed by atoms with Crippen LogP contribution >= 0.6 is 11.6 Å². The maximum atomic E-state index is 11.4. The summed E-state index contributed by atoms with van der Waals surface area (Å²) in [5, 5.41) is 0.740. The largest absolute Gasteiger partial charge is 0.469 e. The van der Waals surface area contributed by atoms with E-state index in [9.17, 15) is 4.79 Å².